The Morgan fingerprint density at radius 1 is 1.14 bits per heavy atom. The van der Waals surface area contributed by atoms with Crippen molar-refractivity contribution in [3.05, 3.63) is 34.9 Å². The Morgan fingerprint density at radius 3 is 2.62 bits per heavy atom. The van der Waals surface area contributed by atoms with Gasteiger partial charge in [0.15, 0.2) is 0 Å². The van der Waals surface area contributed by atoms with Gasteiger partial charge in [-0.25, -0.2) is 0 Å². The third kappa shape index (κ3) is 3.46. The van der Waals surface area contributed by atoms with Crippen molar-refractivity contribution in [3.63, 3.8) is 0 Å². The molecule has 114 valence electrons. The summed E-state index contributed by atoms with van der Waals surface area (Å²) in [7, 11) is 0. The average molecular weight is 286 g/mol. The van der Waals surface area contributed by atoms with E-state index in [2.05, 4.69) is 23.6 Å². The number of hydrogen-bond acceptors (Lipinski definition) is 2. The Balaban J connectivity index is 1.50. The number of amides is 1. The van der Waals surface area contributed by atoms with E-state index in [-0.39, 0.29) is 5.91 Å². The van der Waals surface area contributed by atoms with Crippen LogP contribution in [-0.2, 0) is 13.1 Å². The topological polar surface area (TPSA) is 41.1 Å². The summed E-state index contributed by atoms with van der Waals surface area (Å²) in [6.07, 6.45) is 6.52. The second-order valence-corrected chi connectivity index (χ2v) is 6.59. The van der Waals surface area contributed by atoms with Crippen LogP contribution in [0.1, 0.15) is 60.5 Å². The lowest BCUT2D eigenvalue weighted by Crippen LogP contribution is -2.31. The van der Waals surface area contributed by atoms with Crippen LogP contribution in [-0.4, -0.2) is 12.5 Å². The van der Waals surface area contributed by atoms with E-state index in [1.165, 1.54) is 43.2 Å². The minimum Gasteiger partial charge on any atom is -0.352 e. The molecule has 0 unspecified atom stereocenters. The molecule has 2 N–H and O–H groups in total. The van der Waals surface area contributed by atoms with E-state index >= 15 is 0 Å². The van der Waals surface area contributed by atoms with Crippen molar-refractivity contribution in [3.8, 4) is 0 Å². The van der Waals surface area contributed by atoms with Gasteiger partial charge in [0.1, 0.15) is 0 Å². The van der Waals surface area contributed by atoms with E-state index in [0.717, 1.165) is 31.1 Å². The lowest BCUT2D eigenvalue weighted by atomic mass is 9.81. The molecule has 0 spiro atoms. The van der Waals surface area contributed by atoms with E-state index in [4.69, 9.17) is 0 Å². The molecule has 1 amide bonds. The molecule has 1 aromatic carbocycles. The van der Waals surface area contributed by atoms with Crippen LogP contribution in [0.2, 0.25) is 0 Å². The normalized spacial score (nSPS) is 24.6. The summed E-state index contributed by atoms with van der Waals surface area (Å²) in [6, 6.07) is 6.07. The quantitative estimate of drug-likeness (QED) is 0.892. The molecule has 0 saturated heterocycles. The summed E-state index contributed by atoms with van der Waals surface area (Å²) in [5.74, 6) is 1.68. The maximum absolute atomic E-state index is 12.3. The maximum atomic E-state index is 12.3. The van der Waals surface area contributed by atoms with Gasteiger partial charge in [-0.05, 0) is 47.9 Å². The zero-order chi connectivity index (χ0) is 14.7. The van der Waals surface area contributed by atoms with Crippen molar-refractivity contribution in [2.45, 2.75) is 52.1 Å². The third-order valence-corrected chi connectivity index (χ3v) is 5.19. The van der Waals surface area contributed by atoms with Crippen molar-refractivity contribution < 1.29 is 4.79 Å². The van der Waals surface area contributed by atoms with Crippen LogP contribution in [0, 0.1) is 11.8 Å². The molecule has 0 aromatic heterocycles. The van der Waals surface area contributed by atoms with Crippen LogP contribution in [0.15, 0.2) is 18.2 Å². The first-order valence-corrected chi connectivity index (χ1v) is 8.37. The summed E-state index contributed by atoms with van der Waals surface area (Å²) in [6.45, 7) is 4.94. The summed E-state index contributed by atoms with van der Waals surface area (Å²) >= 11 is 0. The van der Waals surface area contributed by atoms with Gasteiger partial charge >= 0.3 is 0 Å². The van der Waals surface area contributed by atoms with E-state index in [9.17, 15) is 4.79 Å². The number of rotatable bonds is 4. The first-order valence-electron chi connectivity index (χ1n) is 8.37. The van der Waals surface area contributed by atoms with Crippen LogP contribution in [0.5, 0.6) is 0 Å². The summed E-state index contributed by atoms with van der Waals surface area (Å²) < 4.78 is 0. The molecule has 21 heavy (non-hydrogen) atoms. The molecule has 1 fully saturated rings. The molecule has 1 aliphatic heterocycles. The maximum Gasteiger partial charge on any atom is 0.251 e. The van der Waals surface area contributed by atoms with Gasteiger partial charge in [0.2, 0.25) is 0 Å². The minimum absolute atomic E-state index is 0.0855. The fourth-order valence-corrected chi connectivity index (χ4v) is 3.62. The lowest BCUT2D eigenvalue weighted by molar-refractivity contribution is 0.0941. The Hall–Kier alpha value is -1.35. The van der Waals surface area contributed by atoms with Crippen LogP contribution < -0.4 is 10.6 Å². The fourth-order valence-electron chi connectivity index (χ4n) is 3.62. The highest BCUT2D eigenvalue weighted by Crippen LogP contribution is 2.30. The molecular formula is C18H26N2O. The Bertz CT molecular complexity index is 504. The molecule has 3 rings (SSSR count). The average Bonchev–Trinajstić information content (AvgIpc) is 3.00. The van der Waals surface area contributed by atoms with Gasteiger partial charge in [-0.2, -0.15) is 0 Å². The highest BCUT2D eigenvalue weighted by molar-refractivity contribution is 5.94. The van der Waals surface area contributed by atoms with Crippen LogP contribution in [0.3, 0.4) is 0 Å². The van der Waals surface area contributed by atoms with Gasteiger partial charge < -0.3 is 10.6 Å². The van der Waals surface area contributed by atoms with E-state index < -0.39 is 0 Å². The summed E-state index contributed by atoms with van der Waals surface area (Å²) in [5, 5.41) is 6.45. The van der Waals surface area contributed by atoms with Gasteiger partial charge in [-0.15, -0.1) is 0 Å². The molecule has 1 heterocycles. The van der Waals surface area contributed by atoms with Crippen LogP contribution >= 0.6 is 0 Å². The predicted octanol–water partition coefficient (Wildman–Crippen LogP) is 3.24. The molecule has 3 nitrogen and oxygen atoms in total. The lowest BCUT2D eigenvalue weighted by Gasteiger charge is -2.27. The number of nitrogens with one attached hydrogen (secondary N) is 2. The second-order valence-electron chi connectivity index (χ2n) is 6.59. The van der Waals surface area contributed by atoms with Gasteiger partial charge in [0, 0.05) is 25.2 Å². The van der Waals surface area contributed by atoms with Gasteiger partial charge in [0.05, 0.1) is 0 Å². The molecule has 0 bridgehead atoms. The van der Waals surface area contributed by atoms with Crippen molar-refractivity contribution in [2.75, 3.05) is 6.54 Å². The smallest absolute Gasteiger partial charge is 0.251 e. The van der Waals surface area contributed by atoms with Gasteiger partial charge in [-0.3, -0.25) is 4.79 Å². The number of carbonyl (C=O) groups excluding carboxylic acids is 1. The first kappa shape index (κ1) is 14.6. The van der Waals surface area contributed by atoms with Crippen LogP contribution in [0.25, 0.3) is 0 Å². The molecule has 3 heteroatoms. The number of fused-ring (bicyclic) bond motifs is 1. The molecule has 2 aliphatic rings. The van der Waals surface area contributed by atoms with E-state index in [1.54, 1.807) is 0 Å². The Morgan fingerprint density at radius 2 is 1.86 bits per heavy atom. The SMILES string of the molecule is CCC1CCC(CNC(=O)c2ccc3c(c2)CNC3)CC1. The Labute approximate surface area is 127 Å². The molecule has 1 aliphatic carbocycles. The van der Waals surface area contributed by atoms with Crippen molar-refractivity contribution in [2.24, 2.45) is 11.8 Å². The molecule has 1 saturated carbocycles. The predicted molar refractivity (Wildman–Crippen MR) is 85.1 cm³/mol. The molecule has 1 aromatic rings. The molecule has 0 atom stereocenters. The summed E-state index contributed by atoms with van der Waals surface area (Å²) in [4.78, 5) is 12.3. The monoisotopic (exact) mass is 286 g/mol. The Kier molecular flexibility index (Phi) is 4.59. The van der Waals surface area contributed by atoms with Gasteiger partial charge in [-0.1, -0.05) is 32.3 Å². The van der Waals surface area contributed by atoms with Crippen molar-refractivity contribution in [1.29, 1.82) is 0 Å². The number of hydrogen-bond donors (Lipinski definition) is 2. The first-order chi connectivity index (χ1) is 10.3. The van der Waals surface area contributed by atoms with Crippen molar-refractivity contribution in [1.82, 2.24) is 10.6 Å². The third-order valence-electron chi connectivity index (χ3n) is 5.19. The number of carbonyl (C=O) groups is 1. The standard InChI is InChI=1S/C18H26N2O/c1-2-13-3-5-14(6-4-13)10-20-18(21)15-7-8-16-11-19-12-17(16)9-15/h7-9,13-14,19H,2-6,10-12H2,1H3,(H,20,21). The highest BCUT2D eigenvalue weighted by Gasteiger charge is 2.20. The fraction of sp³-hybridized carbons (Fsp3) is 0.611. The molecule has 0 radical (unpaired) electrons. The number of benzene rings is 1. The van der Waals surface area contributed by atoms with E-state index in [0.29, 0.717) is 5.92 Å². The van der Waals surface area contributed by atoms with Crippen molar-refractivity contribution >= 4 is 5.91 Å². The molecular weight excluding hydrogens is 260 g/mol. The highest BCUT2D eigenvalue weighted by atomic mass is 16.1. The van der Waals surface area contributed by atoms with Gasteiger partial charge in [0.25, 0.3) is 5.91 Å². The zero-order valence-corrected chi connectivity index (χ0v) is 13.0. The zero-order valence-electron chi connectivity index (χ0n) is 13.0. The van der Waals surface area contributed by atoms with E-state index in [1.807, 2.05) is 12.1 Å². The van der Waals surface area contributed by atoms with Crippen LogP contribution in [0.4, 0.5) is 0 Å². The largest absolute Gasteiger partial charge is 0.352 e. The summed E-state index contributed by atoms with van der Waals surface area (Å²) in [5.41, 5.74) is 3.40. The second kappa shape index (κ2) is 6.61. The minimum atomic E-state index is 0.0855.